The third-order valence-corrected chi connectivity index (χ3v) is 2.91. The summed E-state index contributed by atoms with van der Waals surface area (Å²) in [4.78, 5) is 0. The molecule has 0 aromatic rings. The van der Waals surface area contributed by atoms with Crippen LogP contribution >= 0.6 is 0 Å². The first kappa shape index (κ1) is 11.0. The van der Waals surface area contributed by atoms with Crippen LogP contribution in [0.1, 0.15) is 33.1 Å². The Morgan fingerprint density at radius 2 is 2.15 bits per heavy atom. The summed E-state index contributed by atoms with van der Waals surface area (Å²) in [5.74, 6) is 0. The molecule has 78 valence electrons. The van der Waals surface area contributed by atoms with Crippen LogP contribution in [0.5, 0.6) is 0 Å². The Kier molecular flexibility index (Phi) is 3.33. The van der Waals surface area contributed by atoms with Gasteiger partial charge in [0.2, 0.25) is 0 Å². The molecule has 1 rings (SSSR count). The van der Waals surface area contributed by atoms with E-state index in [9.17, 15) is 0 Å². The van der Waals surface area contributed by atoms with Gasteiger partial charge in [-0.15, -0.1) is 0 Å². The van der Waals surface area contributed by atoms with Gasteiger partial charge in [0.15, 0.2) is 0 Å². The predicted molar refractivity (Wildman–Crippen MR) is 52.7 cm³/mol. The first-order chi connectivity index (χ1) is 6.02. The van der Waals surface area contributed by atoms with Gasteiger partial charge in [-0.1, -0.05) is 0 Å². The van der Waals surface area contributed by atoms with Gasteiger partial charge in [-0.25, -0.2) is 0 Å². The molecule has 1 fully saturated rings. The van der Waals surface area contributed by atoms with Crippen LogP contribution < -0.4 is 5.73 Å². The summed E-state index contributed by atoms with van der Waals surface area (Å²) in [5, 5.41) is 0. The molecular weight excluding hydrogens is 166 g/mol. The molecule has 1 aliphatic rings. The Labute approximate surface area is 80.6 Å². The van der Waals surface area contributed by atoms with E-state index in [1.807, 2.05) is 13.8 Å². The van der Waals surface area contributed by atoms with Crippen molar-refractivity contribution < 1.29 is 9.47 Å². The van der Waals surface area contributed by atoms with Crippen molar-refractivity contribution in [2.24, 2.45) is 5.73 Å². The fourth-order valence-corrected chi connectivity index (χ4v) is 1.89. The van der Waals surface area contributed by atoms with Gasteiger partial charge in [-0.3, -0.25) is 0 Å². The maximum absolute atomic E-state index is 6.13. The first-order valence-corrected chi connectivity index (χ1v) is 4.94. The van der Waals surface area contributed by atoms with Crippen LogP contribution in [0.25, 0.3) is 0 Å². The van der Waals surface area contributed by atoms with Crippen LogP contribution in [0.2, 0.25) is 0 Å². The van der Waals surface area contributed by atoms with Crippen LogP contribution in [-0.2, 0) is 9.47 Å². The largest absolute Gasteiger partial charge is 0.382 e. The summed E-state index contributed by atoms with van der Waals surface area (Å²) in [6.07, 6.45) is 3.33. The molecule has 2 N–H and O–H groups in total. The molecule has 0 saturated carbocycles. The molecule has 1 aliphatic heterocycles. The van der Waals surface area contributed by atoms with Gasteiger partial charge in [-0.2, -0.15) is 0 Å². The molecule has 0 bridgehead atoms. The molecule has 0 aromatic heterocycles. The number of ether oxygens (including phenoxy) is 2. The molecule has 0 spiro atoms. The van der Waals surface area contributed by atoms with E-state index in [-0.39, 0.29) is 11.1 Å². The van der Waals surface area contributed by atoms with Gasteiger partial charge < -0.3 is 15.2 Å². The zero-order chi connectivity index (χ0) is 9.95. The van der Waals surface area contributed by atoms with Crippen molar-refractivity contribution in [1.82, 2.24) is 0 Å². The summed E-state index contributed by atoms with van der Waals surface area (Å²) in [5.41, 5.74) is 5.52. The molecule has 1 saturated heterocycles. The summed E-state index contributed by atoms with van der Waals surface area (Å²) >= 11 is 0. The summed E-state index contributed by atoms with van der Waals surface area (Å²) < 4.78 is 11.0. The molecule has 1 atom stereocenters. The van der Waals surface area contributed by atoms with Crippen LogP contribution in [0.15, 0.2) is 0 Å². The number of methoxy groups -OCH3 is 1. The van der Waals surface area contributed by atoms with E-state index < -0.39 is 0 Å². The van der Waals surface area contributed by atoms with Crippen molar-refractivity contribution >= 4 is 0 Å². The Balaban J connectivity index is 2.73. The van der Waals surface area contributed by atoms with E-state index in [4.69, 9.17) is 15.2 Å². The second kappa shape index (κ2) is 3.95. The molecule has 1 unspecified atom stereocenters. The second-order valence-corrected chi connectivity index (χ2v) is 4.45. The zero-order valence-corrected chi connectivity index (χ0v) is 8.93. The van der Waals surface area contributed by atoms with Crippen molar-refractivity contribution in [1.29, 1.82) is 0 Å². The monoisotopic (exact) mass is 187 g/mol. The van der Waals surface area contributed by atoms with Crippen molar-refractivity contribution in [2.45, 2.75) is 44.2 Å². The van der Waals surface area contributed by atoms with Gasteiger partial charge in [0, 0.05) is 19.3 Å². The van der Waals surface area contributed by atoms with E-state index >= 15 is 0 Å². The van der Waals surface area contributed by atoms with E-state index in [0.717, 1.165) is 19.4 Å². The average Bonchev–Trinajstić information content (AvgIpc) is 2.04. The van der Waals surface area contributed by atoms with Crippen molar-refractivity contribution in [3.05, 3.63) is 0 Å². The maximum Gasteiger partial charge on any atom is 0.109 e. The Morgan fingerprint density at radius 3 is 2.54 bits per heavy atom. The lowest BCUT2D eigenvalue weighted by Gasteiger charge is -2.46. The molecule has 3 heteroatoms. The van der Waals surface area contributed by atoms with Gasteiger partial charge >= 0.3 is 0 Å². The van der Waals surface area contributed by atoms with Gasteiger partial charge in [0.25, 0.3) is 0 Å². The quantitative estimate of drug-likeness (QED) is 0.724. The van der Waals surface area contributed by atoms with Crippen LogP contribution in [0, 0.1) is 0 Å². The standard InChI is InChI=1S/C10H21NO2/c1-9(2,11)10(8-12-3)6-4-5-7-13-10/h4-8,11H2,1-3H3. The second-order valence-electron chi connectivity index (χ2n) is 4.45. The van der Waals surface area contributed by atoms with E-state index in [1.165, 1.54) is 6.42 Å². The fraction of sp³-hybridized carbons (Fsp3) is 1.00. The smallest absolute Gasteiger partial charge is 0.109 e. The van der Waals surface area contributed by atoms with Crippen LogP contribution in [0.3, 0.4) is 0 Å². The first-order valence-electron chi connectivity index (χ1n) is 4.94. The van der Waals surface area contributed by atoms with Crippen molar-refractivity contribution in [2.75, 3.05) is 20.3 Å². The fourth-order valence-electron chi connectivity index (χ4n) is 1.89. The molecule has 0 aromatic carbocycles. The molecule has 0 aliphatic carbocycles. The molecule has 13 heavy (non-hydrogen) atoms. The number of hydrogen-bond donors (Lipinski definition) is 1. The third-order valence-electron chi connectivity index (χ3n) is 2.91. The average molecular weight is 187 g/mol. The molecule has 0 radical (unpaired) electrons. The normalized spacial score (nSPS) is 30.5. The number of nitrogens with two attached hydrogens (primary N) is 1. The predicted octanol–water partition coefficient (Wildman–Crippen LogP) is 1.31. The SMILES string of the molecule is COCC1(C(C)(C)N)CCCCO1. The highest BCUT2D eigenvalue weighted by atomic mass is 16.5. The number of hydrogen-bond acceptors (Lipinski definition) is 3. The van der Waals surface area contributed by atoms with Crippen molar-refractivity contribution in [3.63, 3.8) is 0 Å². The van der Waals surface area contributed by atoms with Crippen LogP contribution in [-0.4, -0.2) is 31.5 Å². The van der Waals surface area contributed by atoms with Gasteiger partial charge in [0.1, 0.15) is 5.60 Å². The Bertz CT molecular complexity index is 151. The molecule has 0 amide bonds. The van der Waals surface area contributed by atoms with Gasteiger partial charge in [0.05, 0.1) is 6.61 Å². The third kappa shape index (κ3) is 2.22. The highest BCUT2D eigenvalue weighted by molar-refractivity contribution is 5.00. The lowest BCUT2D eigenvalue weighted by Crippen LogP contribution is -2.61. The number of rotatable bonds is 3. The lowest BCUT2D eigenvalue weighted by atomic mass is 9.78. The summed E-state index contributed by atoms with van der Waals surface area (Å²) in [6, 6.07) is 0. The van der Waals surface area contributed by atoms with Gasteiger partial charge in [-0.05, 0) is 33.1 Å². The highest BCUT2D eigenvalue weighted by Crippen LogP contribution is 2.33. The Hall–Kier alpha value is -0.120. The van der Waals surface area contributed by atoms with E-state index in [2.05, 4.69) is 0 Å². The van der Waals surface area contributed by atoms with E-state index in [0.29, 0.717) is 6.61 Å². The maximum atomic E-state index is 6.13. The summed E-state index contributed by atoms with van der Waals surface area (Å²) in [6.45, 7) is 5.43. The van der Waals surface area contributed by atoms with E-state index in [1.54, 1.807) is 7.11 Å². The lowest BCUT2D eigenvalue weighted by molar-refractivity contribution is -0.149. The minimum Gasteiger partial charge on any atom is -0.382 e. The van der Waals surface area contributed by atoms with Crippen LogP contribution in [0.4, 0.5) is 0 Å². The zero-order valence-electron chi connectivity index (χ0n) is 8.93. The summed E-state index contributed by atoms with van der Waals surface area (Å²) in [7, 11) is 1.70. The highest BCUT2D eigenvalue weighted by Gasteiger charge is 2.44. The Morgan fingerprint density at radius 1 is 1.46 bits per heavy atom. The van der Waals surface area contributed by atoms with Crippen molar-refractivity contribution in [3.8, 4) is 0 Å². The molecule has 3 nitrogen and oxygen atoms in total. The minimum absolute atomic E-state index is 0.278. The topological polar surface area (TPSA) is 44.5 Å². The molecular formula is C10H21NO2. The molecule has 1 heterocycles. The minimum atomic E-state index is -0.330.